The van der Waals surface area contributed by atoms with Gasteiger partial charge in [0.1, 0.15) is 5.75 Å². The van der Waals surface area contributed by atoms with Crippen LogP contribution in [0.2, 0.25) is 0 Å². The van der Waals surface area contributed by atoms with E-state index in [1.54, 1.807) is 11.3 Å². The van der Waals surface area contributed by atoms with Gasteiger partial charge in [-0.2, -0.15) is 0 Å². The number of nitrogens with one attached hydrogen (secondary N) is 2. The maximum Gasteiger partial charge on any atom is 0.264 e. The van der Waals surface area contributed by atoms with E-state index in [4.69, 9.17) is 4.74 Å². The molecule has 3 rings (SSSR count). The number of hydrogen-bond acceptors (Lipinski definition) is 5. The minimum absolute atomic E-state index is 0.00600. The molecule has 128 valence electrons. The molecule has 0 bridgehead atoms. The van der Waals surface area contributed by atoms with Crippen LogP contribution in [-0.2, 0) is 4.79 Å². The number of hydrogen-bond donors (Lipinski definition) is 2. The molecule has 0 saturated carbocycles. The van der Waals surface area contributed by atoms with Gasteiger partial charge in [0.25, 0.3) is 5.91 Å². The maximum absolute atomic E-state index is 12.1. The van der Waals surface area contributed by atoms with Gasteiger partial charge in [-0.1, -0.05) is 18.2 Å². The Morgan fingerprint density at radius 1 is 1.33 bits per heavy atom. The number of ether oxygens (including phenoxy) is 1. The number of aromatic nitrogens is 1. The van der Waals surface area contributed by atoms with Crippen molar-refractivity contribution in [3.05, 3.63) is 40.4 Å². The number of carbonyl (C=O) groups is 1. The molecule has 0 atom stereocenters. The second kappa shape index (κ2) is 7.77. The molecule has 1 aliphatic rings. The number of benzene rings is 1. The molecule has 2 N–H and O–H groups in total. The van der Waals surface area contributed by atoms with Crippen molar-refractivity contribution in [1.82, 2.24) is 10.3 Å². The second-order valence-corrected chi connectivity index (χ2v) is 7.21. The first-order chi connectivity index (χ1) is 11.6. The van der Waals surface area contributed by atoms with Crippen LogP contribution in [-0.4, -0.2) is 30.6 Å². The average molecular weight is 345 g/mol. The highest BCUT2D eigenvalue weighted by Gasteiger charge is 2.18. The molecule has 0 unspecified atom stereocenters. The summed E-state index contributed by atoms with van der Waals surface area (Å²) >= 11 is 1.57. The zero-order valence-corrected chi connectivity index (χ0v) is 14.9. The number of aryl methyl sites for hydroxylation is 2. The van der Waals surface area contributed by atoms with Crippen LogP contribution in [0.1, 0.15) is 34.8 Å². The summed E-state index contributed by atoms with van der Waals surface area (Å²) in [6.07, 6.45) is 4.15. The fourth-order valence-corrected chi connectivity index (χ4v) is 3.96. The van der Waals surface area contributed by atoms with Gasteiger partial charge in [0.2, 0.25) is 0 Å². The Hall–Kier alpha value is -1.92. The van der Waals surface area contributed by atoms with Gasteiger partial charge < -0.3 is 10.1 Å². The lowest BCUT2D eigenvalue weighted by Gasteiger charge is -2.20. The Bertz CT molecular complexity index is 688. The summed E-state index contributed by atoms with van der Waals surface area (Å²) in [6.45, 7) is 6.05. The summed E-state index contributed by atoms with van der Waals surface area (Å²) in [5.41, 5.74) is 2.07. The van der Waals surface area contributed by atoms with Gasteiger partial charge in [0.15, 0.2) is 11.7 Å². The van der Waals surface area contributed by atoms with E-state index in [2.05, 4.69) is 15.6 Å². The zero-order chi connectivity index (χ0) is 16.9. The van der Waals surface area contributed by atoms with Gasteiger partial charge in [0, 0.05) is 11.1 Å². The van der Waals surface area contributed by atoms with E-state index in [0.717, 1.165) is 42.8 Å². The van der Waals surface area contributed by atoms with E-state index in [9.17, 15) is 4.79 Å². The van der Waals surface area contributed by atoms with Crippen LogP contribution in [0.25, 0.3) is 0 Å². The molecule has 1 aromatic carbocycles. The van der Waals surface area contributed by atoms with Crippen LogP contribution in [0.3, 0.4) is 0 Å². The number of anilines is 1. The lowest BCUT2D eigenvalue weighted by atomic mass is 9.97. The lowest BCUT2D eigenvalue weighted by molar-refractivity contribution is -0.118. The van der Waals surface area contributed by atoms with Crippen LogP contribution in [0.15, 0.2) is 24.4 Å². The first-order valence-electron chi connectivity index (χ1n) is 8.29. The topological polar surface area (TPSA) is 63.2 Å². The molecular weight excluding hydrogens is 322 g/mol. The summed E-state index contributed by atoms with van der Waals surface area (Å²) in [5.74, 6) is 1.16. The number of rotatable bonds is 5. The third-order valence-electron chi connectivity index (χ3n) is 4.27. The Morgan fingerprint density at radius 3 is 2.75 bits per heavy atom. The van der Waals surface area contributed by atoms with Gasteiger partial charge in [-0.3, -0.25) is 10.1 Å². The summed E-state index contributed by atoms with van der Waals surface area (Å²) < 4.78 is 5.68. The first kappa shape index (κ1) is 16.9. The number of thiazole rings is 1. The summed E-state index contributed by atoms with van der Waals surface area (Å²) in [6, 6.07) is 5.94. The highest BCUT2D eigenvalue weighted by atomic mass is 32.1. The van der Waals surface area contributed by atoms with E-state index >= 15 is 0 Å². The Kier molecular flexibility index (Phi) is 5.48. The molecule has 5 nitrogen and oxygen atoms in total. The quantitative estimate of drug-likeness (QED) is 0.873. The molecule has 1 amide bonds. The molecule has 24 heavy (non-hydrogen) atoms. The number of amides is 1. The molecule has 1 aromatic heterocycles. The van der Waals surface area contributed by atoms with Crippen molar-refractivity contribution in [3.8, 4) is 5.75 Å². The summed E-state index contributed by atoms with van der Waals surface area (Å²) in [7, 11) is 0. The molecule has 1 aliphatic heterocycles. The van der Waals surface area contributed by atoms with E-state index in [-0.39, 0.29) is 12.5 Å². The van der Waals surface area contributed by atoms with Gasteiger partial charge in [-0.25, -0.2) is 4.98 Å². The van der Waals surface area contributed by atoms with Gasteiger partial charge in [-0.15, -0.1) is 11.3 Å². The molecule has 6 heteroatoms. The predicted octanol–water partition coefficient (Wildman–Crippen LogP) is 3.24. The highest BCUT2D eigenvalue weighted by Crippen LogP contribution is 2.31. The van der Waals surface area contributed by atoms with Crippen LogP contribution in [0, 0.1) is 13.8 Å². The predicted molar refractivity (Wildman–Crippen MR) is 97.0 cm³/mol. The highest BCUT2D eigenvalue weighted by molar-refractivity contribution is 7.15. The fourth-order valence-electron chi connectivity index (χ4n) is 2.96. The maximum atomic E-state index is 12.1. The summed E-state index contributed by atoms with van der Waals surface area (Å²) in [5, 5.41) is 6.85. The van der Waals surface area contributed by atoms with Crippen LogP contribution >= 0.6 is 11.3 Å². The zero-order valence-electron chi connectivity index (χ0n) is 14.1. The van der Waals surface area contributed by atoms with E-state index < -0.39 is 0 Å². The van der Waals surface area contributed by atoms with Crippen molar-refractivity contribution in [3.63, 3.8) is 0 Å². The van der Waals surface area contributed by atoms with Gasteiger partial charge in [0.05, 0.1) is 0 Å². The van der Waals surface area contributed by atoms with Crippen molar-refractivity contribution >= 4 is 22.4 Å². The number of carbonyl (C=O) groups excluding carboxylic acids is 1. The molecule has 2 heterocycles. The van der Waals surface area contributed by atoms with Crippen molar-refractivity contribution in [2.75, 3.05) is 25.0 Å². The van der Waals surface area contributed by atoms with Crippen LogP contribution < -0.4 is 15.4 Å². The Labute approximate surface area is 146 Å². The molecule has 0 spiro atoms. The normalized spacial score (nSPS) is 15.2. The molecular formula is C18H23N3O2S. The first-order valence-corrected chi connectivity index (χ1v) is 9.10. The van der Waals surface area contributed by atoms with Gasteiger partial charge >= 0.3 is 0 Å². The molecule has 0 radical (unpaired) electrons. The van der Waals surface area contributed by atoms with E-state index in [1.165, 1.54) is 4.88 Å². The molecule has 2 aromatic rings. The number of piperidine rings is 1. The number of para-hydroxylation sites is 1. The van der Waals surface area contributed by atoms with Crippen LogP contribution in [0.5, 0.6) is 5.75 Å². The van der Waals surface area contributed by atoms with Crippen LogP contribution in [0.4, 0.5) is 5.13 Å². The Morgan fingerprint density at radius 2 is 2.04 bits per heavy atom. The molecule has 1 saturated heterocycles. The Balaban J connectivity index is 1.54. The SMILES string of the molecule is Cc1cccc(C)c1OCC(=O)Nc1ncc(C2CCNCC2)s1. The van der Waals surface area contributed by atoms with Crippen molar-refractivity contribution in [2.45, 2.75) is 32.6 Å². The second-order valence-electron chi connectivity index (χ2n) is 6.15. The molecule has 0 aliphatic carbocycles. The smallest absolute Gasteiger partial charge is 0.264 e. The lowest BCUT2D eigenvalue weighted by Crippen LogP contribution is -2.26. The third-order valence-corrected chi connectivity index (χ3v) is 5.34. The minimum atomic E-state index is -0.177. The number of nitrogens with zero attached hydrogens (tertiary/aromatic N) is 1. The molecule has 1 fully saturated rings. The minimum Gasteiger partial charge on any atom is -0.483 e. The van der Waals surface area contributed by atoms with Crippen molar-refractivity contribution < 1.29 is 9.53 Å². The third kappa shape index (κ3) is 4.13. The average Bonchev–Trinajstić information content (AvgIpc) is 3.03. The summed E-state index contributed by atoms with van der Waals surface area (Å²) in [4.78, 5) is 17.7. The van der Waals surface area contributed by atoms with Crippen molar-refractivity contribution in [2.24, 2.45) is 0 Å². The fraction of sp³-hybridized carbons (Fsp3) is 0.444. The van der Waals surface area contributed by atoms with E-state index in [0.29, 0.717) is 11.0 Å². The van der Waals surface area contributed by atoms with E-state index in [1.807, 2.05) is 38.2 Å². The standard InChI is InChI=1S/C18H23N3O2S/c1-12-4-3-5-13(2)17(12)23-11-16(22)21-18-20-10-15(24-18)14-6-8-19-9-7-14/h3-5,10,14,19H,6-9,11H2,1-2H3,(H,20,21,22). The van der Waals surface area contributed by atoms with Crippen molar-refractivity contribution in [1.29, 1.82) is 0 Å². The van der Waals surface area contributed by atoms with Gasteiger partial charge in [-0.05, 0) is 56.8 Å². The monoisotopic (exact) mass is 345 g/mol. The largest absolute Gasteiger partial charge is 0.483 e.